The number of carbonyl (C=O) groups excluding carboxylic acids is 1. The SMILES string of the molecule is Cl.Nc1ncc(-c2ccc(NC(=O)[C@@H]3CCCN3)cc2)[nH]1. The van der Waals surface area contributed by atoms with Crippen molar-refractivity contribution in [2.75, 3.05) is 17.6 Å². The molecule has 1 aromatic heterocycles. The summed E-state index contributed by atoms with van der Waals surface area (Å²) in [5.74, 6) is 0.422. The van der Waals surface area contributed by atoms with Gasteiger partial charge < -0.3 is 21.4 Å². The first-order valence-electron chi connectivity index (χ1n) is 6.67. The fourth-order valence-corrected chi connectivity index (χ4v) is 2.35. The van der Waals surface area contributed by atoms with E-state index in [1.165, 1.54) is 0 Å². The van der Waals surface area contributed by atoms with E-state index >= 15 is 0 Å². The first kappa shape index (κ1) is 15.3. The summed E-state index contributed by atoms with van der Waals surface area (Å²) < 4.78 is 0. The third-order valence-corrected chi connectivity index (χ3v) is 3.44. The average Bonchev–Trinajstić information content (AvgIpc) is 3.10. The van der Waals surface area contributed by atoms with Gasteiger partial charge in [-0.1, -0.05) is 12.1 Å². The van der Waals surface area contributed by atoms with E-state index < -0.39 is 0 Å². The molecule has 1 amide bonds. The molecule has 1 saturated heterocycles. The van der Waals surface area contributed by atoms with Crippen molar-refractivity contribution in [3.63, 3.8) is 0 Å². The number of hydrogen-bond donors (Lipinski definition) is 4. The van der Waals surface area contributed by atoms with Gasteiger partial charge in [0.1, 0.15) is 0 Å². The Morgan fingerprint density at radius 1 is 1.33 bits per heavy atom. The molecule has 0 unspecified atom stereocenters. The molecular formula is C14H18ClN5O. The van der Waals surface area contributed by atoms with Gasteiger partial charge in [-0.25, -0.2) is 4.98 Å². The summed E-state index contributed by atoms with van der Waals surface area (Å²) in [4.78, 5) is 18.9. The molecule has 3 rings (SSSR count). The summed E-state index contributed by atoms with van der Waals surface area (Å²) in [7, 11) is 0. The van der Waals surface area contributed by atoms with Crippen molar-refractivity contribution in [1.29, 1.82) is 0 Å². The lowest BCUT2D eigenvalue weighted by Crippen LogP contribution is -2.35. The molecule has 1 fully saturated rings. The van der Waals surface area contributed by atoms with Crippen molar-refractivity contribution in [3.05, 3.63) is 30.5 Å². The van der Waals surface area contributed by atoms with Crippen LogP contribution >= 0.6 is 12.4 Å². The molecule has 0 aliphatic carbocycles. The zero-order chi connectivity index (χ0) is 13.9. The molecule has 0 bridgehead atoms. The maximum absolute atomic E-state index is 12.0. The molecule has 1 aliphatic heterocycles. The zero-order valence-corrected chi connectivity index (χ0v) is 12.2. The number of nitrogens with one attached hydrogen (secondary N) is 3. The van der Waals surface area contributed by atoms with Gasteiger partial charge in [0, 0.05) is 5.69 Å². The van der Waals surface area contributed by atoms with Crippen LogP contribution in [0.5, 0.6) is 0 Å². The second-order valence-corrected chi connectivity index (χ2v) is 4.90. The quantitative estimate of drug-likeness (QED) is 0.695. The number of hydrogen-bond acceptors (Lipinski definition) is 4. The minimum absolute atomic E-state index is 0. The molecule has 2 heterocycles. The number of nitrogens with two attached hydrogens (primary N) is 1. The molecule has 21 heavy (non-hydrogen) atoms. The van der Waals surface area contributed by atoms with Gasteiger partial charge in [-0.05, 0) is 37.1 Å². The second kappa shape index (κ2) is 6.60. The van der Waals surface area contributed by atoms with Crippen LogP contribution in [-0.2, 0) is 4.79 Å². The number of nitrogens with zero attached hydrogens (tertiary/aromatic N) is 1. The lowest BCUT2D eigenvalue weighted by Gasteiger charge is -2.11. The van der Waals surface area contributed by atoms with Gasteiger partial charge in [0.05, 0.1) is 17.9 Å². The minimum Gasteiger partial charge on any atom is -0.369 e. The van der Waals surface area contributed by atoms with Gasteiger partial charge in [0.15, 0.2) is 5.95 Å². The Hall–Kier alpha value is -2.05. The number of benzene rings is 1. The molecule has 1 aliphatic rings. The van der Waals surface area contributed by atoms with E-state index in [4.69, 9.17) is 5.73 Å². The van der Waals surface area contributed by atoms with E-state index in [-0.39, 0.29) is 24.4 Å². The molecule has 0 spiro atoms. The molecular weight excluding hydrogens is 290 g/mol. The summed E-state index contributed by atoms with van der Waals surface area (Å²) in [6.07, 6.45) is 3.64. The number of rotatable bonds is 3. The predicted molar refractivity (Wildman–Crippen MR) is 85.3 cm³/mol. The first-order chi connectivity index (χ1) is 9.72. The standard InChI is InChI=1S/C14H17N5O.ClH/c15-14-17-8-12(19-14)9-3-5-10(6-4-9)18-13(20)11-2-1-7-16-11;/h3-6,8,11,16H,1-2,7H2,(H,18,20)(H3,15,17,19);1H/t11-;/m0./s1. The molecule has 0 saturated carbocycles. The summed E-state index contributed by atoms with van der Waals surface area (Å²) in [5, 5.41) is 6.09. The molecule has 112 valence electrons. The summed E-state index contributed by atoms with van der Waals surface area (Å²) in [6.45, 7) is 0.915. The second-order valence-electron chi connectivity index (χ2n) is 4.90. The normalized spacial score (nSPS) is 17.2. The van der Waals surface area contributed by atoms with Gasteiger partial charge in [-0.2, -0.15) is 0 Å². The van der Waals surface area contributed by atoms with E-state index in [0.717, 1.165) is 36.3 Å². The molecule has 6 nitrogen and oxygen atoms in total. The number of carbonyl (C=O) groups is 1. The average molecular weight is 308 g/mol. The van der Waals surface area contributed by atoms with Crippen LogP contribution in [0.15, 0.2) is 30.5 Å². The van der Waals surface area contributed by atoms with E-state index in [1.54, 1.807) is 6.20 Å². The Morgan fingerprint density at radius 3 is 2.67 bits per heavy atom. The van der Waals surface area contributed by atoms with Crippen LogP contribution in [0.1, 0.15) is 12.8 Å². The van der Waals surface area contributed by atoms with Crippen molar-refractivity contribution in [2.24, 2.45) is 0 Å². The summed E-state index contributed by atoms with van der Waals surface area (Å²) >= 11 is 0. The number of aromatic amines is 1. The largest absolute Gasteiger partial charge is 0.369 e. The Bertz CT molecular complexity index is 604. The number of aromatic nitrogens is 2. The van der Waals surface area contributed by atoms with Gasteiger partial charge in [0.2, 0.25) is 5.91 Å². The first-order valence-corrected chi connectivity index (χ1v) is 6.67. The number of amides is 1. The summed E-state index contributed by atoms with van der Waals surface area (Å²) in [6, 6.07) is 7.52. The third kappa shape index (κ3) is 3.53. The lowest BCUT2D eigenvalue weighted by molar-refractivity contribution is -0.117. The van der Waals surface area contributed by atoms with Crippen molar-refractivity contribution < 1.29 is 4.79 Å². The van der Waals surface area contributed by atoms with Gasteiger partial charge in [-0.3, -0.25) is 4.79 Å². The maximum atomic E-state index is 12.0. The van der Waals surface area contributed by atoms with Crippen LogP contribution in [-0.4, -0.2) is 28.5 Å². The van der Waals surface area contributed by atoms with Crippen LogP contribution in [0.25, 0.3) is 11.3 Å². The zero-order valence-electron chi connectivity index (χ0n) is 11.4. The fraction of sp³-hybridized carbons (Fsp3) is 0.286. The predicted octanol–water partition coefficient (Wildman–Crippen LogP) is 1.77. The molecule has 7 heteroatoms. The Morgan fingerprint density at radius 2 is 2.10 bits per heavy atom. The van der Waals surface area contributed by atoms with E-state index in [0.29, 0.717) is 5.95 Å². The van der Waals surface area contributed by atoms with Crippen LogP contribution < -0.4 is 16.4 Å². The molecule has 1 aromatic carbocycles. The van der Waals surface area contributed by atoms with Gasteiger partial charge in [-0.15, -0.1) is 12.4 Å². The summed E-state index contributed by atoms with van der Waals surface area (Å²) in [5.41, 5.74) is 8.18. The highest BCUT2D eigenvalue weighted by Crippen LogP contribution is 2.20. The van der Waals surface area contributed by atoms with Crippen molar-refractivity contribution in [3.8, 4) is 11.3 Å². The highest BCUT2D eigenvalue weighted by molar-refractivity contribution is 5.95. The highest BCUT2D eigenvalue weighted by Gasteiger charge is 2.21. The van der Waals surface area contributed by atoms with Gasteiger partial charge >= 0.3 is 0 Å². The molecule has 0 radical (unpaired) electrons. The van der Waals surface area contributed by atoms with Crippen LogP contribution in [0.3, 0.4) is 0 Å². The Labute approximate surface area is 128 Å². The van der Waals surface area contributed by atoms with E-state index in [2.05, 4.69) is 20.6 Å². The highest BCUT2D eigenvalue weighted by atomic mass is 35.5. The number of nitrogen functional groups attached to an aromatic ring is 1. The number of H-pyrrole nitrogens is 1. The van der Waals surface area contributed by atoms with Crippen molar-refractivity contribution in [2.45, 2.75) is 18.9 Å². The molecule has 1 atom stereocenters. The van der Waals surface area contributed by atoms with Crippen LogP contribution in [0, 0.1) is 0 Å². The smallest absolute Gasteiger partial charge is 0.241 e. The van der Waals surface area contributed by atoms with Crippen LogP contribution in [0.2, 0.25) is 0 Å². The minimum atomic E-state index is -0.0675. The topological polar surface area (TPSA) is 95.8 Å². The Kier molecular flexibility index (Phi) is 4.82. The molecule has 5 N–H and O–H groups in total. The monoisotopic (exact) mass is 307 g/mol. The third-order valence-electron chi connectivity index (χ3n) is 3.44. The van der Waals surface area contributed by atoms with E-state index in [9.17, 15) is 4.79 Å². The lowest BCUT2D eigenvalue weighted by atomic mass is 10.1. The van der Waals surface area contributed by atoms with E-state index in [1.807, 2.05) is 24.3 Å². The van der Waals surface area contributed by atoms with Gasteiger partial charge in [0.25, 0.3) is 0 Å². The van der Waals surface area contributed by atoms with Crippen molar-refractivity contribution in [1.82, 2.24) is 15.3 Å². The van der Waals surface area contributed by atoms with Crippen LogP contribution in [0.4, 0.5) is 11.6 Å². The number of halogens is 1. The van der Waals surface area contributed by atoms with Crippen molar-refractivity contribution >= 4 is 29.9 Å². The Balaban J connectivity index is 0.00000161. The number of imidazole rings is 1. The maximum Gasteiger partial charge on any atom is 0.241 e. The number of anilines is 2. The molecule has 2 aromatic rings. The fourth-order valence-electron chi connectivity index (χ4n) is 2.35.